The van der Waals surface area contributed by atoms with Gasteiger partial charge in [0, 0.05) is 35.8 Å². The molecule has 0 saturated heterocycles. The average Bonchev–Trinajstić information content (AvgIpc) is 2.82. The van der Waals surface area contributed by atoms with E-state index < -0.39 is 0 Å². The second-order valence-electron chi connectivity index (χ2n) is 4.63. The zero-order valence-corrected chi connectivity index (χ0v) is 10.4. The first-order valence-corrected chi connectivity index (χ1v) is 6.28. The third kappa shape index (κ3) is 2.11. The number of nitrogens with one attached hydrogen (secondary N) is 2. The van der Waals surface area contributed by atoms with E-state index in [0.717, 1.165) is 31.0 Å². The highest BCUT2D eigenvalue weighted by Gasteiger charge is 2.20. The van der Waals surface area contributed by atoms with Gasteiger partial charge in [-0.05, 0) is 13.0 Å². The minimum absolute atomic E-state index is 0.365. The van der Waals surface area contributed by atoms with E-state index in [1.807, 2.05) is 25.3 Å². The molecule has 94 valence electrons. The SMILES string of the molecule is Cc1[nH]ncc1CNC1CCOc2ccccc21. The Kier molecular flexibility index (Phi) is 3.02. The summed E-state index contributed by atoms with van der Waals surface area (Å²) in [5, 5.41) is 10.6. The predicted octanol–water partition coefficient (Wildman–Crippen LogP) is 2.33. The normalized spacial score (nSPS) is 18.2. The highest BCUT2D eigenvalue weighted by molar-refractivity contribution is 5.37. The number of rotatable bonds is 3. The van der Waals surface area contributed by atoms with E-state index >= 15 is 0 Å². The lowest BCUT2D eigenvalue weighted by atomic mass is 10.0. The predicted molar refractivity (Wildman–Crippen MR) is 69.5 cm³/mol. The molecular formula is C14H17N3O. The van der Waals surface area contributed by atoms with Crippen molar-refractivity contribution in [3.63, 3.8) is 0 Å². The third-order valence-electron chi connectivity index (χ3n) is 3.43. The largest absolute Gasteiger partial charge is 0.493 e. The Bertz CT molecular complexity index is 535. The highest BCUT2D eigenvalue weighted by Crippen LogP contribution is 2.31. The van der Waals surface area contributed by atoms with Crippen LogP contribution in [0.3, 0.4) is 0 Å². The number of nitrogens with zero attached hydrogens (tertiary/aromatic N) is 1. The topological polar surface area (TPSA) is 49.9 Å². The molecule has 2 N–H and O–H groups in total. The van der Waals surface area contributed by atoms with Gasteiger partial charge in [0.15, 0.2) is 0 Å². The van der Waals surface area contributed by atoms with Crippen molar-refractivity contribution in [1.82, 2.24) is 15.5 Å². The van der Waals surface area contributed by atoms with Crippen LogP contribution >= 0.6 is 0 Å². The summed E-state index contributed by atoms with van der Waals surface area (Å²) in [4.78, 5) is 0. The Labute approximate surface area is 106 Å². The highest BCUT2D eigenvalue weighted by atomic mass is 16.5. The van der Waals surface area contributed by atoms with Gasteiger partial charge in [-0.25, -0.2) is 0 Å². The van der Waals surface area contributed by atoms with Crippen LogP contribution in [0.25, 0.3) is 0 Å². The maximum absolute atomic E-state index is 5.66. The Morgan fingerprint density at radius 2 is 2.33 bits per heavy atom. The van der Waals surface area contributed by atoms with Gasteiger partial charge in [0.05, 0.1) is 12.8 Å². The maximum atomic E-state index is 5.66. The van der Waals surface area contributed by atoms with E-state index in [1.54, 1.807) is 0 Å². The molecule has 2 aromatic rings. The molecule has 4 nitrogen and oxygen atoms in total. The minimum Gasteiger partial charge on any atom is -0.493 e. The Balaban J connectivity index is 1.73. The van der Waals surface area contributed by atoms with E-state index in [2.05, 4.69) is 27.6 Å². The van der Waals surface area contributed by atoms with Gasteiger partial charge in [0.25, 0.3) is 0 Å². The molecule has 4 heteroatoms. The van der Waals surface area contributed by atoms with E-state index in [-0.39, 0.29) is 0 Å². The molecule has 3 rings (SSSR count). The van der Waals surface area contributed by atoms with Gasteiger partial charge in [-0.3, -0.25) is 5.10 Å². The molecule has 18 heavy (non-hydrogen) atoms. The van der Waals surface area contributed by atoms with Crippen LogP contribution < -0.4 is 10.1 Å². The second kappa shape index (κ2) is 4.82. The number of hydrogen-bond donors (Lipinski definition) is 2. The number of hydrogen-bond acceptors (Lipinski definition) is 3. The van der Waals surface area contributed by atoms with Gasteiger partial charge in [0.2, 0.25) is 0 Å². The Hall–Kier alpha value is -1.81. The Morgan fingerprint density at radius 3 is 3.17 bits per heavy atom. The lowest BCUT2D eigenvalue weighted by Crippen LogP contribution is -2.26. The molecule has 1 aliphatic heterocycles. The summed E-state index contributed by atoms with van der Waals surface area (Å²) >= 11 is 0. The molecule has 0 bridgehead atoms. The van der Waals surface area contributed by atoms with E-state index in [4.69, 9.17) is 4.74 Å². The smallest absolute Gasteiger partial charge is 0.124 e. The zero-order valence-electron chi connectivity index (χ0n) is 10.4. The van der Waals surface area contributed by atoms with Gasteiger partial charge >= 0.3 is 0 Å². The van der Waals surface area contributed by atoms with Gasteiger partial charge in [-0.2, -0.15) is 5.10 Å². The van der Waals surface area contributed by atoms with Gasteiger partial charge in [0.1, 0.15) is 5.75 Å². The lowest BCUT2D eigenvalue weighted by Gasteiger charge is -2.26. The summed E-state index contributed by atoms with van der Waals surface area (Å²) in [5.41, 5.74) is 3.60. The summed E-state index contributed by atoms with van der Waals surface area (Å²) in [6.07, 6.45) is 2.89. The monoisotopic (exact) mass is 243 g/mol. The summed E-state index contributed by atoms with van der Waals surface area (Å²) < 4.78 is 5.66. The van der Waals surface area contributed by atoms with Crippen molar-refractivity contribution in [3.8, 4) is 5.75 Å². The molecular weight excluding hydrogens is 226 g/mol. The van der Waals surface area contributed by atoms with Crippen LogP contribution in [0.4, 0.5) is 0 Å². The molecule has 0 amide bonds. The second-order valence-corrected chi connectivity index (χ2v) is 4.63. The van der Waals surface area contributed by atoms with Crippen LogP contribution in [0.15, 0.2) is 30.5 Å². The lowest BCUT2D eigenvalue weighted by molar-refractivity contribution is 0.252. The van der Waals surface area contributed by atoms with Gasteiger partial charge in [-0.1, -0.05) is 18.2 Å². The molecule has 0 saturated carbocycles. The van der Waals surface area contributed by atoms with Crippen molar-refractivity contribution >= 4 is 0 Å². The summed E-state index contributed by atoms with van der Waals surface area (Å²) in [6, 6.07) is 8.61. The molecule has 0 spiro atoms. The van der Waals surface area contributed by atoms with Crippen molar-refractivity contribution in [2.75, 3.05) is 6.61 Å². The molecule has 1 aliphatic rings. The number of aromatic amines is 1. The fourth-order valence-corrected chi connectivity index (χ4v) is 2.34. The van der Waals surface area contributed by atoms with E-state index in [0.29, 0.717) is 6.04 Å². The third-order valence-corrected chi connectivity index (χ3v) is 3.43. The number of ether oxygens (including phenoxy) is 1. The maximum Gasteiger partial charge on any atom is 0.124 e. The van der Waals surface area contributed by atoms with Crippen LogP contribution in [0.5, 0.6) is 5.75 Å². The number of fused-ring (bicyclic) bond motifs is 1. The quantitative estimate of drug-likeness (QED) is 0.870. The summed E-state index contributed by atoms with van der Waals surface area (Å²) in [5.74, 6) is 1.00. The standard InChI is InChI=1S/C14H17N3O/c1-10-11(9-16-17-10)8-15-13-6-7-18-14-5-3-2-4-12(13)14/h2-5,9,13,15H,6-8H2,1H3,(H,16,17). The van der Waals surface area contributed by atoms with Crippen LogP contribution in [-0.2, 0) is 6.54 Å². The zero-order chi connectivity index (χ0) is 12.4. The fraction of sp³-hybridized carbons (Fsp3) is 0.357. The van der Waals surface area contributed by atoms with Crippen LogP contribution in [0.2, 0.25) is 0 Å². The molecule has 2 heterocycles. The molecule has 1 atom stereocenters. The van der Waals surface area contributed by atoms with Gasteiger partial charge < -0.3 is 10.1 Å². The minimum atomic E-state index is 0.365. The van der Waals surface area contributed by atoms with Crippen molar-refractivity contribution in [3.05, 3.63) is 47.3 Å². The first kappa shape index (κ1) is 11.3. The average molecular weight is 243 g/mol. The first-order chi connectivity index (χ1) is 8.84. The van der Waals surface area contributed by atoms with Gasteiger partial charge in [-0.15, -0.1) is 0 Å². The molecule has 0 fully saturated rings. The van der Waals surface area contributed by atoms with Crippen LogP contribution in [-0.4, -0.2) is 16.8 Å². The number of aromatic nitrogens is 2. The molecule has 0 aliphatic carbocycles. The fourth-order valence-electron chi connectivity index (χ4n) is 2.34. The van der Waals surface area contributed by atoms with Crippen LogP contribution in [0.1, 0.15) is 29.3 Å². The summed E-state index contributed by atoms with van der Waals surface area (Å²) in [6.45, 7) is 3.66. The molecule has 0 radical (unpaired) electrons. The number of aryl methyl sites for hydroxylation is 1. The molecule has 1 aromatic heterocycles. The number of benzene rings is 1. The van der Waals surface area contributed by atoms with E-state index in [9.17, 15) is 0 Å². The van der Waals surface area contributed by atoms with Crippen molar-refractivity contribution in [2.24, 2.45) is 0 Å². The number of para-hydroxylation sites is 1. The number of H-pyrrole nitrogens is 1. The first-order valence-electron chi connectivity index (χ1n) is 6.28. The van der Waals surface area contributed by atoms with Crippen molar-refractivity contribution in [2.45, 2.75) is 25.9 Å². The molecule has 1 unspecified atom stereocenters. The van der Waals surface area contributed by atoms with E-state index in [1.165, 1.54) is 11.1 Å². The molecule has 1 aromatic carbocycles. The summed E-state index contributed by atoms with van der Waals surface area (Å²) in [7, 11) is 0. The van der Waals surface area contributed by atoms with Crippen molar-refractivity contribution in [1.29, 1.82) is 0 Å². The van der Waals surface area contributed by atoms with Crippen LogP contribution in [0, 0.1) is 6.92 Å². The Morgan fingerprint density at radius 1 is 1.44 bits per heavy atom. The van der Waals surface area contributed by atoms with Crippen molar-refractivity contribution < 1.29 is 4.74 Å².